The van der Waals surface area contributed by atoms with Crippen LogP contribution in [0, 0.1) is 11.3 Å². The van der Waals surface area contributed by atoms with E-state index in [1.54, 1.807) is 28.7 Å². The number of benzene rings is 2. The second-order valence-corrected chi connectivity index (χ2v) is 14.0. The lowest BCUT2D eigenvalue weighted by Gasteiger charge is -2.19. The monoisotopic (exact) mass is 590 g/mol. The van der Waals surface area contributed by atoms with Crippen LogP contribution in [0.3, 0.4) is 0 Å². The standard InChI is InChI=1S/C34H26N2O2S3/c1-34(2,3)22-8-10-23(11-9-22)36-20-26(25-6-4-5-7-27(25)36)28-14-15-31(40-28)32-17-16-30(41-32)29-13-12-24(39-29)18-21(19-35)33(37)38/h4-18,20H,1-3H3,(H,37,38)/b21-18+. The summed E-state index contributed by atoms with van der Waals surface area (Å²) in [6.45, 7) is 6.71. The summed E-state index contributed by atoms with van der Waals surface area (Å²) in [6, 6.07) is 31.6. The topological polar surface area (TPSA) is 66.0 Å². The van der Waals surface area contributed by atoms with E-state index in [2.05, 4.69) is 104 Å². The third kappa shape index (κ3) is 5.30. The fourth-order valence-corrected chi connectivity index (χ4v) is 7.94. The zero-order chi connectivity index (χ0) is 28.7. The quantitative estimate of drug-likeness (QED) is 0.155. The molecule has 2 aromatic carbocycles. The SMILES string of the molecule is CC(C)(C)c1ccc(-n2cc(-c3ccc(-c4ccc(-c5ccc(/C=C(\C#N)C(=O)O)s5)s4)s3)c3ccccc32)cc1. The third-order valence-electron chi connectivity index (χ3n) is 6.95. The predicted octanol–water partition coefficient (Wildman–Crippen LogP) is 10.1. The summed E-state index contributed by atoms with van der Waals surface area (Å²) in [5, 5.41) is 19.4. The normalized spacial score (nSPS) is 12.1. The van der Waals surface area contributed by atoms with Crippen molar-refractivity contribution in [1.82, 2.24) is 4.57 Å². The highest BCUT2D eigenvalue weighted by Gasteiger charge is 2.17. The first-order valence-electron chi connectivity index (χ1n) is 13.1. The van der Waals surface area contributed by atoms with Gasteiger partial charge in [0.25, 0.3) is 0 Å². The minimum atomic E-state index is -1.21. The fourth-order valence-electron chi connectivity index (χ4n) is 4.78. The number of carbonyl (C=O) groups is 1. The van der Waals surface area contributed by atoms with Crippen LogP contribution in [0.1, 0.15) is 31.2 Å². The summed E-state index contributed by atoms with van der Waals surface area (Å²) in [5.41, 5.74) is 4.72. The van der Waals surface area contributed by atoms with Gasteiger partial charge >= 0.3 is 5.97 Å². The summed E-state index contributed by atoms with van der Waals surface area (Å²) in [6.07, 6.45) is 3.67. The number of aromatic nitrogens is 1. The number of nitriles is 1. The van der Waals surface area contributed by atoms with Gasteiger partial charge < -0.3 is 9.67 Å². The molecule has 4 heterocycles. The molecule has 202 valence electrons. The van der Waals surface area contributed by atoms with Gasteiger partial charge in [-0.25, -0.2) is 4.79 Å². The molecular formula is C34H26N2O2S3. The molecule has 7 heteroatoms. The van der Waals surface area contributed by atoms with Crippen LogP contribution in [-0.4, -0.2) is 15.6 Å². The van der Waals surface area contributed by atoms with Crippen LogP contribution in [0.15, 0.2) is 96.7 Å². The van der Waals surface area contributed by atoms with Gasteiger partial charge in [-0.2, -0.15) is 5.26 Å². The number of rotatable bonds is 6. The van der Waals surface area contributed by atoms with Gasteiger partial charge in [-0.1, -0.05) is 51.1 Å². The Kier molecular flexibility index (Phi) is 7.00. The number of carboxylic acids is 1. The van der Waals surface area contributed by atoms with Crippen molar-refractivity contribution >= 4 is 57.0 Å². The van der Waals surface area contributed by atoms with E-state index < -0.39 is 5.97 Å². The van der Waals surface area contributed by atoms with Crippen molar-refractivity contribution in [3.8, 4) is 41.7 Å². The highest BCUT2D eigenvalue weighted by Crippen LogP contribution is 2.44. The first-order chi connectivity index (χ1) is 19.7. The van der Waals surface area contributed by atoms with Gasteiger partial charge in [0, 0.05) is 52.1 Å². The molecule has 0 unspecified atom stereocenters. The predicted molar refractivity (Wildman–Crippen MR) is 173 cm³/mol. The second kappa shape index (κ2) is 10.6. The maximum absolute atomic E-state index is 11.2. The van der Waals surface area contributed by atoms with Crippen LogP contribution in [-0.2, 0) is 10.2 Å². The van der Waals surface area contributed by atoms with E-state index in [4.69, 9.17) is 10.4 Å². The van der Waals surface area contributed by atoms with Gasteiger partial charge in [-0.15, -0.1) is 34.0 Å². The van der Waals surface area contributed by atoms with E-state index in [0.29, 0.717) is 0 Å². The molecule has 0 saturated carbocycles. The van der Waals surface area contributed by atoms with Crippen molar-refractivity contribution in [2.45, 2.75) is 26.2 Å². The van der Waals surface area contributed by atoms with E-state index >= 15 is 0 Å². The smallest absolute Gasteiger partial charge is 0.346 e. The lowest BCUT2D eigenvalue weighted by Crippen LogP contribution is -2.10. The van der Waals surface area contributed by atoms with Gasteiger partial charge in [-0.05, 0) is 71.7 Å². The Labute approximate surface area is 250 Å². The van der Waals surface area contributed by atoms with Crippen molar-refractivity contribution < 1.29 is 9.90 Å². The molecule has 1 N–H and O–H groups in total. The minimum absolute atomic E-state index is 0.113. The van der Waals surface area contributed by atoms with Crippen LogP contribution in [0.4, 0.5) is 0 Å². The first-order valence-corrected chi connectivity index (χ1v) is 15.5. The zero-order valence-electron chi connectivity index (χ0n) is 22.7. The minimum Gasteiger partial charge on any atom is -0.477 e. The number of aliphatic carboxylic acids is 1. The van der Waals surface area contributed by atoms with Crippen molar-refractivity contribution in [3.63, 3.8) is 0 Å². The third-order valence-corrected chi connectivity index (χ3v) is 10.6. The second-order valence-electron chi connectivity index (χ2n) is 10.7. The van der Waals surface area contributed by atoms with E-state index in [1.807, 2.05) is 12.1 Å². The summed E-state index contributed by atoms with van der Waals surface area (Å²) in [4.78, 5) is 17.7. The lowest BCUT2D eigenvalue weighted by atomic mass is 9.87. The molecule has 4 nitrogen and oxygen atoms in total. The number of nitrogens with zero attached hydrogens (tertiary/aromatic N) is 2. The number of hydrogen-bond acceptors (Lipinski definition) is 5. The number of thiophene rings is 3. The maximum Gasteiger partial charge on any atom is 0.346 e. The van der Waals surface area contributed by atoms with E-state index in [-0.39, 0.29) is 11.0 Å². The number of fused-ring (bicyclic) bond motifs is 1. The van der Waals surface area contributed by atoms with Gasteiger partial charge in [-0.3, -0.25) is 0 Å². The molecule has 0 amide bonds. The van der Waals surface area contributed by atoms with Gasteiger partial charge in [0.15, 0.2) is 0 Å². The van der Waals surface area contributed by atoms with E-state index in [1.165, 1.54) is 54.1 Å². The van der Waals surface area contributed by atoms with Crippen LogP contribution < -0.4 is 0 Å². The molecular weight excluding hydrogens is 565 g/mol. The Morgan fingerprint density at radius 3 is 2.02 bits per heavy atom. The Morgan fingerprint density at radius 2 is 1.39 bits per heavy atom. The molecule has 0 aliphatic carbocycles. The highest BCUT2D eigenvalue weighted by molar-refractivity contribution is 7.27. The fraction of sp³-hybridized carbons (Fsp3) is 0.118. The van der Waals surface area contributed by atoms with Gasteiger partial charge in [0.05, 0.1) is 5.52 Å². The van der Waals surface area contributed by atoms with Crippen LogP contribution >= 0.6 is 34.0 Å². The molecule has 6 rings (SSSR count). The molecule has 0 saturated heterocycles. The zero-order valence-corrected chi connectivity index (χ0v) is 25.2. The average Bonchev–Trinajstić information content (AvgIpc) is 3.76. The largest absolute Gasteiger partial charge is 0.477 e. The molecule has 6 aromatic rings. The summed E-state index contributed by atoms with van der Waals surface area (Å²) < 4.78 is 2.28. The van der Waals surface area contributed by atoms with Crippen molar-refractivity contribution in [2.24, 2.45) is 0 Å². The number of para-hydroxylation sites is 1. The molecule has 41 heavy (non-hydrogen) atoms. The Hall–Kier alpha value is -4.22. The number of carboxylic acid groups (broad SMARTS) is 1. The summed E-state index contributed by atoms with van der Waals surface area (Å²) >= 11 is 4.98. The Morgan fingerprint density at radius 1 is 0.805 bits per heavy atom. The summed E-state index contributed by atoms with van der Waals surface area (Å²) in [7, 11) is 0. The lowest BCUT2D eigenvalue weighted by molar-refractivity contribution is -0.132. The summed E-state index contributed by atoms with van der Waals surface area (Å²) in [5.74, 6) is -1.21. The molecule has 0 spiro atoms. The van der Waals surface area contributed by atoms with E-state index in [0.717, 1.165) is 20.3 Å². The van der Waals surface area contributed by atoms with Gasteiger partial charge in [0.2, 0.25) is 0 Å². The maximum atomic E-state index is 11.2. The molecule has 0 aliphatic rings. The Bertz CT molecular complexity index is 1970. The molecule has 4 aromatic heterocycles. The first kappa shape index (κ1) is 27.0. The van der Waals surface area contributed by atoms with Crippen LogP contribution in [0.25, 0.3) is 52.6 Å². The molecule has 0 atom stereocenters. The molecule has 0 fully saturated rings. The average molecular weight is 591 g/mol. The van der Waals surface area contributed by atoms with Crippen molar-refractivity contribution in [2.75, 3.05) is 0 Å². The molecule has 0 bridgehead atoms. The van der Waals surface area contributed by atoms with Crippen LogP contribution in [0.5, 0.6) is 0 Å². The Balaban J connectivity index is 1.31. The van der Waals surface area contributed by atoms with Crippen molar-refractivity contribution in [1.29, 1.82) is 5.26 Å². The molecule has 0 radical (unpaired) electrons. The van der Waals surface area contributed by atoms with E-state index in [9.17, 15) is 4.79 Å². The number of hydrogen-bond donors (Lipinski definition) is 1. The molecule has 0 aliphatic heterocycles. The van der Waals surface area contributed by atoms with Gasteiger partial charge in [0.1, 0.15) is 11.6 Å². The van der Waals surface area contributed by atoms with Crippen molar-refractivity contribution in [3.05, 3.63) is 107 Å². The van der Waals surface area contributed by atoms with Crippen LogP contribution in [0.2, 0.25) is 0 Å². The highest BCUT2D eigenvalue weighted by atomic mass is 32.1.